The molecule has 0 aliphatic heterocycles. The largest absolute Gasteiger partial charge is 0.365 e. The van der Waals surface area contributed by atoms with Crippen LogP contribution in [0.2, 0.25) is 0 Å². The van der Waals surface area contributed by atoms with Crippen molar-refractivity contribution in [1.29, 1.82) is 0 Å². The topological polar surface area (TPSA) is 101 Å². The molecule has 8 heteroatoms. The van der Waals surface area contributed by atoms with Crippen molar-refractivity contribution in [2.45, 2.75) is 13.8 Å². The van der Waals surface area contributed by atoms with Crippen molar-refractivity contribution in [2.24, 2.45) is 5.73 Å². The van der Waals surface area contributed by atoms with Crippen LogP contribution in [0.1, 0.15) is 20.8 Å². The summed E-state index contributed by atoms with van der Waals surface area (Å²) in [5.41, 5.74) is 9.31. The Bertz CT molecular complexity index is 1110. The summed E-state index contributed by atoms with van der Waals surface area (Å²) >= 11 is 2.51. The average molecular weight is 454 g/mol. The van der Waals surface area contributed by atoms with Crippen LogP contribution in [-0.2, 0) is 9.59 Å². The minimum absolute atomic E-state index is 0.0804. The van der Waals surface area contributed by atoms with E-state index in [-0.39, 0.29) is 23.3 Å². The number of primary amides is 1. The number of carbonyl (C=O) groups is 3. The van der Waals surface area contributed by atoms with Crippen molar-refractivity contribution in [3.63, 3.8) is 0 Å². The Hall–Kier alpha value is -3.10. The molecule has 0 saturated heterocycles. The molecule has 1 aromatic heterocycles. The first-order valence-corrected chi connectivity index (χ1v) is 11.5. The molecule has 2 aromatic carbocycles. The van der Waals surface area contributed by atoms with Gasteiger partial charge < -0.3 is 16.4 Å². The van der Waals surface area contributed by atoms with Gasteiger partial charge >= 0.3 is 0 Å². The van der Waals surface area contributed by atoms with Gasteiger partial charge in [0.1, 0.15) is 5.00 Å². The minimum atomic E-state index is -0.594. The summed E-state index contributed by atoms with van der Waals surface area (Å²) in [5.74, 6) is -0.847. The number of thioether (sulfide) groups is 1. The van der Waals surface area contributed by atoms with E-state index in [1.165, 1.54) is 23.1 Å². The van der Waals surface area contributed by atoms with Gasteiger partial charge in [-0.3, -0.25) is 14.4 Å². The van der Waals surface area contributed by atoms with Crippen LogP contribution in [0.15, 0.2) is 54.6 Å². The Labute approximate surface area is 189 Å². The third kappa shape index (κ3) is 5.96. The van der Waals surface area contributed by atoms with E-state index in [1.54, 1.807) is 0 Å². The molecule has 3 amide bonds. The first-order valence-electron chi connectivity index (χ1n) is 9.58. The van der Waals surface area contributed by atoms with Crippen molar-refractivity contribution in [3.8, 4) is 11.1 Å². The molecule has 0 aliphatic carbocycles. The Balaban J connectivity index is 1.60. The van der Waals surface area contributed by atoms with Crippen LogP contribution in [0.3, 0.4) is 0 Å². The summed E-state index contributed by atoms with van der Waals surface area (Å²) in [4.78, 5) is 37.5. The molecule has 4 N–H and O–H groups in total. The van der Waals surface area contributed by atoms with Gasteiger partial charge in [0.2, 0.25) is 11.8 Å². The number of nitrogens with one attached hydrogen (secondary N) is 2. The van der Waals surface area contributed by atoms with Gasteiger partial charge in [-0.25, -0.2) is 0 Å². The molecule has 0 aliphatic rings. The van der Waals surface area contributed by atoms with Crippen LogP contribution in [0.4, 0.5) is 10.7 Å². The normalized spacial score (nSPS) is 10.5. The molecule has 0 atom stereocenters. The predicted octanol–water partition coefficient (Wildman–Crippen LogP) is 4.44. The monoisotopic (exact) mass is 453 g/mol. The number of hydrogen-bond donors (Lipinski definition) is 3. The first kappa shape index (κ1) is 22.6. The van der Waals surface area contributed by atoms with Gasteiger partial charge in [-0.1, -0.05) is 42.5 Å². The van der Waals surface area contributed by atoms with Crippen molar-refractivity contribution in [3.05, 3.63) is 70.6 Å². The first-order chi connectivity index (χ1) is 14.8. The van der Waals surface area contributed by atoms with E-state index in [9.17, 15) is 14.4 Å². The van der Waals surface area contributed by atoms with Crippen molar-refractivity contribution in [1.82, 2.24) is 0 Å². The Morgan fingerprint density at radius 3 is 2.26 bits per heavy atom. The number of benzene rings is 2. The zero-order valence-electron chi connectivity index (χ0n) is 17.2. The lowest BCUT2D eigenvalue weighted by Gasteiger charge is -2.08. The van der Waals surface area contributed by atoms with E-state index >= 15 is 0 Å². The SMILES string of the molecule is Cc1cccc(NC(=O)CSCC(=O)Nc2sc(C)c(-c3ccccc3)c2C(N)=O)c1. The van der Waals surface area contributed by atoms with Crippen LogP contribution in [0.25, 0.3) is 11.1 Å². The summed E-state index contributed by atoms with van der Waals surface area (Å²) in [6.45, 7) is 3.84. The van der Waals surface area contributed by atoms with E-state index in [4.69, 9.17) is 5.73 Å². The number of rotatable bonds is 8. The highest BCUT2D eigenvalue weighted by molar-refractivity contribution is 8.00. The van der Waals surface area contributed by atoms with Gasteiger partial charge in [0.05, 0.1) is 17.1 Å². The van der Waals surface area contributed by atoms with E-state index < -0.39 is 5.91 Å². The van der Waals surface area contributed by atoms with E-state index in [0.717, 1.165) is 27.3 Å². The molecule has 0 saturated carbocycles. The van der Waals surface area contributed by atoms with Gasteiger partial charge in [0.25, 0.3) is 5.91 Å². The molecular weight excluding hydrogens is 430 g/mol. The summed E-state index contributed by atoms with van der Waals surface area (Å²) in [6, 6.07) is 17.0. The maximum atomic E-state index is 12.4. The summed E-state index contributed by atoms with van der Waals surface area (Å²) in [5, 5.41) is 6.02. The predicted molar refractivity (Wildman–Crippen MR) is 129 cm³/mol. The number of nitrogens with two attached hydrogens (primary N) is 1. The second-order valence-electron chi connectivity index (χ2n) is 6.93. The molecule has 160 valence electrons. The van der Waals surface area contributed by atoms with Crippen molar-refractivity contribution >= 4 is 51.5 Å². The van der Waals surface area contributed by atoms with E-state index in [2.05, 4.69) is 10.6 Å². The second kappa shape index (κ2) is 10.3. The Morgan fingerprint density at radius 1 is 0.935 bits per heavy atom. The fourth-order valence-corrected chi connectivity index (χ4v) is 4.85. The quantitative estimate of drug-likeness (QED) is 0.469. The van der Waals surface area contributed by atoms with Crippen LogP contribution in [0, 0.1) is 13.8 Å². The lowest BCUT2D eigenvalue weighted by Crippen LogP contribution is -2.20. The van der Waals surface area contributed by atoms with Crippen LogP contribution >= 0.6 is 23.1 Å². The highest BCUT2D eigenvalue weighted by atomic mass is 32.2. The van der Waals surface area contributed by atoms with Gasteiger partial charge in [-0.2, -0.15) is 0 Å². The van der Waals surface area contributed by atoms with Gasteiger partial charge in [-0.05, 0) is 37.1 Å². The molecular formula is C23H23N3O3S2. The molecule has 0 spiro atoms. The molecule has 0 bridgehead atoms. The van der Waals surface area contributed by atoms with Crippen LogP contribution in [-0.4, -0.2) is 29.2 Å². The minimum Gasteiger partial charge on any atom is -0.365 e. The molecule has 0 radical (unpaired) electrons. The maximum absolute atomic E-state index is 12.4. The number of thiophene rings is 1. The fraction of sp³-hybridized carbons (Fsp3) is 0.174. The third-order valence-corrected chi connectivity index (χ3v) is 6.37. The molecule has 1 heterocycles. The van der Waals surface area contributed by atoms with E-state index in [1.807, 2.05) is 68.4 Å². The molecule has 31 heavy (non-hydrogen) atoms. The fourth-order valence-electron chi connectivity index (χ4n) is 3.14. The van der Waals surface area contributed by atoms with Crippen molar-refractivity contribution in [2.75, 3.05) is 22.1 Å². The standard InChI is InChI=1S/C23H23N3O3S2/c1-14-7-6-10-17(11-14)25-18(27)12-30-13-19(28)26-23-21(22(24)29)20(15(2)31-23)16-8-4-3-5-9-16/h3-11H,12-13H2,1-2H3,(H2,24,29)(H,25,27)(H,26,28). The van der Waals surface area contributed by atoms with Crippen molar-refractivity contribution < 1.29 is 14.4 Å². The average Bonchev–Trinajstić information content (AvgIpc) is 3.04. The highest BCUT2D eigenvalue weighted by Crippen LogP contribution is 2.39. The molecule has 0 unspecified atom stereocenters. The molecule has 3 rings (SSSR count). The third-order valence-electron chi connectivity index (χ3n) is 4.41. The number of carbonyl (C=O) groups excluding carboxylic acids is 3. The number of hydrogen-bond acceptors (Lipinski definition) is 5. The maximum Gasteiger partial charge on any atom is 0.252 e. The zero-order chi connectivity index (χ0) is 22.4. The Kier molecular flexibility index (Phi) is 7.49. The lowest BCUT2D eigenvalue weighted by molar-refractivity contribution is -0.114. The summed E-state index contributed by atoms with van der Waals surface area (Å²) in [6.07, 6.45) is 0. The number of aryl methyl sites for hydroxylation is 2. The summed E-state index contributed by atoms with van der Waals surface area (Å²) in [7, 11) is 0. The number of amides is 3. The lowest BCUT2D eigenvalue weighted by atomic mass is 10.0. The molecule has 0 fully saturated rings. The van der Waals surface area contributed by atoms with E-state index in [0.29, 0.717) is 10.6 Å². The molecule has 6 nitrogen and oxygen atoms in total. The zero-order valence-corrected chi connectivity index (χ0v) is 18.9. The smallest absolute Gasteiger partial charge is 0.252 e. The summed E-state index contributed by atoms with van der Waals surface area (Å²) < 4.78 is 0. The van der Waals surface area contributed by atoms with Gasteiger partial charge in [0.15, 0.2) is 0 Å². The van der Waals surface area contributed by atoms with Gasteiger partial charge in [-0.15, -0.1) is 23.1 Å². The second-order valence-corrected chi connectivity index (χ2v) is 9.14. The van der Waals surface area contributed by atoms with Gasteiger partial charge in [0, 0.05) is 16.1 Å². The van der Waals surface area contributed by atoms with Crippen LogP contribution in [0.5, 0.6) is 0 Å². The Morgan fingerprint density at radius 2 is 1.61 bits per heavy atom. The molecule has 3 aromatic rings. The number of anilines is 2. The van der Waals surface area contributed by atoms with Crippen LogP contribution < -0.4 is 16.4 Å². The highest BCUT2D eigenvalue weighted by Gasteiger charge is 2.22.